The Kier molecular flexibility index (Phi) is 6.37. The van der Waals surface area contributed by atoms with Crippen molar-refractivity contribution in [2.45, 2.75) is 33.1 Å². The predicted octanol–water partition coefficient (Wildman–Crippen LogP) is 4.62. The van der Waals surface area contributed by atoms with Crippen molar-refractivity contribution in [1.29, 1.82) is 0 Å². The smallest absolute Gasteiger partial charge is 0.0341 e. The third-order valence-corrected chi connectivity index (χ3v) is 4.94. The maximum Gasteiger partial charge on any atom is 0.0341 e. The summed E-state index contributed by atoms with van der Waals surface area (Å²) in [7, 11) is 0. The Hall–Kier alpha value is -0.540. The van der Waals surface area contributed by atoms with Gasteiger partial charge in [-0.25, -0.2) is 0 Å². The molecule has 1 unspecified atom stereocenters. The summed E-state index contributed by atoms with van der Waals surface area (Å²) in [6.07, 6.45) is 4.14. The van der Waals surface area contributed by atoms with E-state index in [2.05, 4.69) is 64.3 Å². The molecular weight excluding hydrogens is 312 g/mol. The highest BCUT2D eigenvalue weighted by Gasteiger charge is 2.18. The van der Waals surface area contributed by atoms with Crippen LogP contribution in [0.1, 0.15) is 33.1 Å². The van der Waals surface area contributed by atoms with Gasteiger partial charge in [0.15, 0.2) is 0 Å². The fourth-order valence-electron chi connectivity index (χ4n) is 3.00. The van der Waals surface area contributed by atoms with Crippen LogP contribution in [0.25, 0.3) is 0 Å². The van der Waals surface area contributed by atoms with Crippen LogP contribution >= 0.6 is 15.9 Å². The minimum atomic E-state index is 0.843. The quantitative estimate of drug-likeness (QED) is 0.842. The van der Waals surface area contributed by atoms with Crippen molar-refractivity contribution < 1.29 is 0 Å². The first-order valence-electron chi connectivity index (χ1n) is 7.87. The summed E-state index contributed by atoms with van der Waals surface area (Å²) in [5.41, 5.74) is 1.21. The third-order valence-electron chi connectivity index (χ3n) is 4.41. The van der Waals surface area contributed by atoms with Gasteiger partial charge in [-0.3, -0.25) is 0 Å². The lowest BCUT2D eigenvalue weighted by Crippen LogP contribution is -2.30. The fraction of sp³-hybridized carbons (Fsp3) is 0.647. The van der Waals surface area contributed by atoms with E-state index in [0.29, 0.717) is 0 Å². The van der Waals surface area contributed by atoms with Crippen LogP contribution in [0.5, 0.6) is 0 Å². The van der Waals surface area contributed by atoms with Crippen LogP contribution in [0.15, 0.2) is 28.7 Å². The zero-order chi connectivity index (χ0) is 14.4. The summed E-state index contributed by atoms with van der Waals surface area (Å²) < 4.78 is 1.13. The number of halogens is 1. The van der Waals surface area contributed by atoms with Crippen LogP contribution in [-0.2, 0) is 0 Å². The highest BCUT2D eigenvalue weighted by molar-refractivity contribution is 9.10. The van der Waals surface area contributed by atoms with Gasteiger partial charge in [0, 0.05) is 23.2 Å². The molecule has 112 valence electrons. The predicted molar refractivity (Wildman–Crippen MR) is 91.3 cm³/mol. The molecule has 0 amide bonds. The minimum Gasteiger partial charge on any atom is -0.384 e. The lowest BCUT2D eigenvalue weighted by molar-refractivity contribution is 0.281. The Balaban J connectivity index is 1.70. The van der Waals surface area contributed by atoms with E-state index >= 15 is 0 Å². The number of hydrogen-bond donors (Lipinski definition) is 1. The Bertz CT molecular complexity index is 388. The van der Waals surface area contributed by atoms with E-state index in [1.807, 2.05) is 0 Å². The largest absolute Gasteiger partial charge is 0.384 e. The van der Waals surface area contributed by atoms with Crippen LogP contribution in [0.3, 0.4) is 0 Å². The first-order valence-corrected chi connectivity index (χ1v) is 8.66. The number of hydrogen-bond acceptors (Lipinski definition) is 2. The van der Waals surface area contributed by atoms with Gasteiger partial charge in [0.05, 0.1) is 0 Å². The van der Waals surface area contributed by atoms with E-state index in [-0.39, 0.29) is 0 Å². The molecule has 1 N–H and O–H groups in total. The lowest BCUT2D eigenvalue weighted by atomic mass is 9.89. The van der Waals surface area contributed by atoms with Crippen molar-refractivity contribution in [3.8, 4) is 0 Å². The van der Waals surface area contributed by atoms with E-state index in [0.717, 1.165) is 29.4 Å². The molecule has 1 aromatic rings. The first-order chi connectivity index (χ1) is 9.65. The fourth-order valence-corrected chi connectivity index (χ4v) is 3.26. The van der Waals surface area contributed by atoms with Crippen molar-refractivity contribution in [3.05, 3.63) is 28.7 Å². The molecule has 2 nitrogen and oxygen atoms in total. The molecule has 1 heterocycles. The maximum absolute atomic E-state index is 3.51. The zero-order valence-electron chi connectivity index (χ0n) is 12.7. The van der Waals surface area contributed by atoms with E-state index < -0.39 is 0 Å². The molecule has 3 heteroatoms. The van der Waals surface area contributed by atoms with Crippen LogP contribution in [0.4, 0.5) is 5.69 Å². The Morgan fingerprint density at radius 3 is 2.65 bits per heavy atom. The number of nitrogens with one attached hydrogen (secondary N) is 1. The van der Waals surface area contributed by atoms with Crippen LogP contribution in [-0.4, -0.2) is 31.1 Å². The number of nitrogens with zero attached hydrogens (tertiary/aromatic N) is 1. The highest BCUT2D eigenvalue weighted by Crippen LogP contribution is 2.24. The second-order valence-electron chi connectivity index (χ2n) is 6.21. The molecule has 0 bridgehead atoms. The second-order valence-corrected chi connectivity index (χ2v) is 7.13. The molecule has 0 saturated carbocycles. The summed E-state index contributed by atoms with van der Waals surface area (Å²) in [4.78, 5) is 2.62. The molecule has 0 aromatic heterocycles. The molecular formula is C17H27BrN2. The van der Waals surface area contributed by atoms with Gasteiger partial charge in [0.1, 0.15) is 0 Å². The molecule has 0 spiro atoms. The summed E-state index contributed by atoms with van der Waals surface area (Å²) in [5, 5.41) is 3.51. The molecule has 1 aromatic carbocycles. The number of rotatable bonds is 5. The summed E-state index contributed by atoms with van der Waals surface area (Å²) in [6.45, 7) is 9.47. The molecule has 1 fully saturated rings. The van der Waals surface area contributed by atoms with Gasteiger partial charge in [-0.15, -0.1) is 0 Å². The molecule has 0 radical (unpaired) electrons. The zero-order valence-corrected chi connectivity index (χ0v) is 14.3. The van der Waals surface area contributed by atoms with Crippen LogP contribution < -0.4 is 5.32 Å². The monoisotopic (exact) mass is 338 g/mol. The molecule has 0 aliphatic carbocycles. The van der Waals surface area contributed by atoms with E-state index in [9.17, 15) is 0 Å². The highest BCUT2D eigenvalue weighted by atomic mass is 79.9. The molecule has 2 rings (SSSR count). The van der Waals surface area contributed by atoms with Gasteiger partial charge in [0.25, 0.3) is 0 Å². The summed E-state index contributed by atoms with van der Waals surface area (Å²) in [6, 6.07) is 8.42. The van der Waals surface area contributed by atoms with Crippen molar-refractivity contribution in [3.63, 3.8) is 0 Å². The van der Waals surface area contributed by atoms with Gasteiger partial charge >= 0.3 is 0 Å². The Morgan fingerprint density at radius 2 is 1.95 bits per heavy atom. The van der Waals surface area contributed by atoms with E-state index in [1.54, 1.807) is 0 Å². The Morgan fingerprint density at radius 1 is 1.20 bits per heavy atom. The average Bonchev–Trinajstić information content (AvgIpc) is 2.67. The van der Waals surface area contributed by atoms with Gasteiger partial charge in [-0.05, 0) is 68.5 Å². The average molecular weight is 339 g/mol. The number of benzene rings is 1. The molecule has 1 aliphatic heterocycles. The molecule has 1 saturated heterocycles. The Labute approximate surface area is 132 Å². The van der Waals surface area contributed by atoms with Crippen LogP contribution in [0, 0.1) is 11.8 Å². The van der Waals surface area contributed by atoms with Gasteiger partial charge in [0.2, 0.25) is 0 Å². The third kappa shape index (κ3) is 5.10. The van der Waals surface area contributed by atoms with E-state index in [1.165, 1.54) is 38.0 Å². The molecule has 1 atom stereocenters. The van der Waals surface area contributed by atoms with Crippen molar-refractivity contribution in [1.82, 2.24) is 4.90 Å². The van der Waals surface area contributed by atoms with Crippen molar-refractivity contribution >= 4 is 21.6 Å². The molecule has 20 heavy (non-hydrogen) atoms. The first kappa shape index (κ1) is 15.8. The normalized spacial score (nSPS) is 20.9. The standard InChI is InChI=1S/C17H27BrN2/c1-14(2)15-4-3-11-20(12-9-15)13-10-19-17-7-5-16(18)6-8-17/h5-8,14-15,19H,3-4,9-13H2,1-2H3. The number of anilines is 1. The maximum atomic E-state index is 3.51. The van der Waals surface area contributed by atoms with Crippen LogP contribution in [0.2, 0.25) is 0 Å². The number of likely N-dealkylation sites (tertiary alicyclic amines) is 1. The van der Waals surface area contributed by atoms with Gasteiger partial charge < -0.3 is 10.2 Å². The molecule has 1 aliphatic rings. The van der Waals surface area contributed by atoms with Crippen molar-refractivity contribution in [2.75, 3.05) is 31.5 Å². The van der Waals surface area contributed by atoms with Gasteiger partial charge in [-0.1, -0.05) is 29.8 Å². The topological polar surface area (TPSA) is 15.3 Å². The summed E-state index contributed by atoms with van der Waals surface area (Å²) >= 11 is 3.47. The minimum absolute atomic E-state index is 0.843. The lowest BCUT2D eigenvalue weighted by Gasteiger charge is -2.21. The SMILES string of the molecule is CC(C)C1CCCN(CCNc2ccc(Br)cc2)CC1. The summed E-state index contributed by atoms with van der Waals surface area (Å²) in [5.74, 6) is 1.77. The van der Waals surface area contributed by atoms with Gasteiger partial charge in [-0.2, -0.15) is 0 Å². The van der Waals surface area contributed by atoms with Crippen molar-refractivity contribution in [2.24, 2.45) is 11.8 Å². The van der Waals surface area contributed by atoms with E-state index in [4.69, 9.17) is 0 Å². The second kappa shape index (κ2) is 8.04.